The van der Waals surface area contributed by atoms with Gasteiger partial charge < -0.3 is 10.1 Å². The van der Waals surface area contributed by atoms with Crippen molar-refractivity contribution in [1.29, 1.82) is 0 Å². The van der Waals surface area contributed by atoms with Gasteiger partial charge in [0.2, 0.25) is 0 Å². The van der Waals surface area contributed by atoms with Crippen LogP contribution in [-0.2, 0) is 6.42 Å². The van der Waals surface area contributed by atoms with Crippen molar-refractivity contribution in [3.63, 3.8) is 0 Å². The zero-order valence-corrected chi connectivity index (χ0v) is 9.67. The van der Waals surface area contributed by atoms with Crippen molar-refractivity contribution in [3.8, 4) is 5.75 Å². The summed E-state index contributed by atoms with van der Waals surface area (Å²) in [5, 5.41) is 3.46. The van der Waals surface area contributed by atoms with Gasteiger partial charge in [-0.25, -0.2) is 0 Å². The fourth-order valence-electron chi connectivity index (χ4n) is 2.91. The van der Waals surface area contributed by atoms with Gasteiger partial charge in [-0.1, -0.05) is 18.2 Å². The van der Waals surface area contributed by atoms with Crippen molar-refractivity contribution in [1.82, 2.24) is 5.32 Å². The van der Waals surface area contributed by atoms with Crippen molar-refractivity contribution in [2.75, 3.05) is 13.1 Å². The van der Waals surface area contributed by atoms with Gasteiger partial charge in [-0.15, -0.1) is 0 Å². The summed E-state index contributed by atoms with van der Waals surface area (Å²) in [7, 11) is 0. The van der Waals surface area contributed by atoms with Crippen LogP contribution in [0.3, 0.4) is 0 Å². The highest BCUT2D eigenvalue weighted by atomic mass is 16.5. The average Bonchev–Trinajstić information content (AvgIpc) is 2.55. The molecule has 16 heavy (non-hydrogen) atoms. The molecule has 1 spiro atoms. The lowest BCUT2D eigenvalue weighted by Gasteiger charge is -2.38. The third-order valence-corrected chi connectivity index (χ3v) is 3.89. The Morgan fingerprint density at radius 2 is 2.00 bits per heavy atom. The van der Waals surface area contributed by atoms with Crippen molar-refractivity contribution in [2.45, 2.75) is 37.7 Å². The number of benzene rings is 1. The second-order valence-corrected chi connectivity index (χ2v) is 5.00. The third-order valence-electron chi connectivity index (χ3n) is 3.89. The number of hydrogen-bond acceptors (Lipinski definition) is 2. The first kappa shape index (κ1) is 10.2. The molecule has 3 rings (SSSR count). The zero-order chi connectivity index (χ0) is 10.8. The van der Waals surface area contributed by atoms with Crippen molar-refractivity contribution >= 4 is 0 Å². The third kappa shape index (κ3) is 1.82. The van der Waals surface area contributed by atoms with E-state index in [1.807, 2.05) is 0 Å². The highest BCUT2D eigenvalue weighted by molar-refractivity contribution is 5.36. The van der Waals surface area contributed by atoms with E-state index >= 15 is 0 Å². The van der Waals surface area contributed by atoms with Gasteiger partial charge in [0.15, 0.2) is 0 Å². The molecule has 1 saturated heterocycles. The summed E-state index contributed by atoms with van der Waals surface area (Å²) >= 11 is 0. The number of aryl methyl sites for hydroxylation is 1. The normalized spacial score (nSPS) is 29.2. The summed E-state index contributed by atoms with van der Waals surface area (Å²) in [6.07, 6.45) is 5.96. The van der Waals surface area contributed by atoms with E-state index in [4.69, 9.17) is 4.74 Å². The van der Waals surface area contributed by atoms with Crippen LogP contribution in [0.15, 0.2) is 24.3 Å². The second kappa shape index (κ2) is 4.10. The van der Waals surface area contributed by atoms with Crippen molar-refractivity contribution in [3.05, 3.63) is 29.8 Å². The SMILES string of the molecule is c1ccc2c(c1)CC[C@]1(CCCNCC1)O2. The molecule has 0 aliphatic carbocycles. The van der Waals surface area contributed by atoms with Crippen LogP contribution in [0.5, 0.6) is 5.75 Å². The van der Waals surface area contributed by atoms with E-state index in [2.05, 4.69) is 29.6 Å². The van der Waals surface area contributed by atoms with Crippen LogP contribution in [-0.4, -0.2) is 18.7 Å². The van der Waals surface area contributed by atoms with Crippen molar-refractivity contribution in [2.24, 2.45) is 0 Å². The number of nitrogens with one attached hydrogen (secondary N) is 1. The highest BCUT2D eigenvalue weighted by Gasteiger charge is 2.36. The van der Waals surface area contributed by atoms with Gasteiger partial charge in [-0.3, -0.25) is 0 Å². The second-order valence-electron chi connectivity index (χ2n) is 5.00. The maximum atomic E-state index is 6.30. The van der Waals surface area contributed by atoms with E-state index in [9.17, 15) is 0 Å². The van der Waals surface area contributed by atoms with Gasteiger partial charge in [0.05, 0.1) is 0 Å². The van der Waals surface area contributed by atoms with Gasteiger partial charge in [0, 0.05) is 0 Å². The molecule has 0 radical (unpaired) electrons. The van der Waals surface area contributed by atoms with Crippen molar-refractivity contribution < 1.29 is 4.74 Å². The molecule has 2 heteroatoms. The van der Waals surface area contributed by atoms with Gasteiger partial charge in [0.25, 0.3) is 0 Å². The lowest BCUT2D eigenvalue weighted by Crippen LogP contribution is -2.40. The van der Waals surface area contributed by atoms with E-state index in [1.54, 1.807) is 0 Å². The number of ether oxygens (including phenoxy) is 1. The van der Waals surface area contributed by atoms with E-state index in [1.165, 1.54) is 31.2 Å². The maximum absolute atomic E-state index is 6.30. The first-order valence-electron chi connectivity index (χ1n) is 6.36. The van der Waals surface area contributed by atoms with Gasteiger partial charge >= 0.3 is 0 Å². The summed E-state index contributed by atoms with van der Waals surface area (Å²) in [6.45, 7) is 2.24. The number of hydrogen-bond donors (Lipinski definition) is 1. The zero-order valence-electron chi connectivity index (χ0n) is 9.67. The van der Waals surface area contributed by atoms with E-state index in [0.29, 0.717) is 0 Å². The first-order chi connectivity index (χ1) is 7.88. The Bertz CT molecular complexity index is 367. The Labute approximate surface area is 97.0 Å². The van der Waals surface area contributed by atoms with Gasteiger partial charge in [-0.2, -0.15) is 0 Å². The first-order valence-corrected chi connectivity index (χ1v) is 6.36. The molecule has 1 aromatic carbocycles. The Morgan fingerprint density at radius 1 is 1.06 bits per heavy atom. The fraction of sp³-hybridized carbons (Fsp3) is 0.571. The van der Waals surface area contributed by atoms with Crippen LogP contribution >= 0.6 is 0 Å². The number of rotatable bonds is 0. The summed E-state index contributed by atoms with van der Waals surface area (Å²) < 4.78 is 6.30. The van der Waals surface area contributed by atoms with E-state index in [-0.39, 0.29) is 5.60 Å². The van der Waals surface area contributed by atoms with Crippen LogP contribution in [0.1, 0.15) is 31.2 Å². The molecule has 2 heterocycles. The van der Waals surface area contributed by atoms with Crippen LogP contribution in [0.2, 0.25) is 0 Å². The predicted octanol–water partition coefficient (Wildman–Crippen LogP) is 2.52. The fourth-order valence-corrected chi connectivity index (χ4v) is 2.91. The topological polar surface area (TPSA) is 21.3 Å². The largest absolute Gasteiger partial charge is 0.487 e. The highest BCUT2D eigenvalue weighted by Crippen LogP contribution is 2.38. The Balaban J connectivity index is 1.85. The molecule has 0 amide bonds. The molecular formula is C14H19NO. The Kier molecular flexibility index (Phi) is 2.60. The number of fused-ring (bicyclic) bond motifs is 1. The molecule has 0 aromatic heterocycles. The molecular weight excluding hydrogens is 198 g/mol. The minimum absolute atomic E-state index is 0.123. The lowest BCUT2D eigenvalue weighted by molar-refractivity contribution is 0.0342. The monoisotopic (exact) mass is 217 g/mol. The summed E-state index contributed by atoms with van der Waals surface area (Å²) in [5.41, 5.74) is 1.50. The minimum atomic E-state index is 0.123. The van der Waals surface area contributed by atoms with E-state index in [0.717, 1.165) is 25.3 Å². The molecule has 2 aliphatic rings. The van der Waals surface area contributed by atoms with Crippen LogP contribution < -0.4 is 10.1 Å². The predicted molar refractivity (Wildman–Crippen MR) is 64.8 cm³/mol. The lowest BCUT2D eigenvalue weighted by atomic mass is 9.85. The molecule has 1 atom stereocenters. The molecule has 2 nitrogen and oxygen atoms in total. The summed E-state index contributed by atoms with van der Waals surface area (Å²) in [5.74, 6) is 1.12. The minimum Gasteiger partial charge on any atom is -0.487 e. The molecule has 0 bridgehead atoms. The molecule has 1 fully saturated rings. The molecule has 86 valence electrons. The van der Waals surface area contributed by atoms with E-state index < -0.39 is 0 Å². The average molecular weight is 217 g/mol. The molecule has 1 aromatic rings. The summed E-state index contributed by atoms with van der Waals surface area (Å²) in [4.78, 5) is 0. The number of para-hydroxylation sites is 1. The smallest absolute Gasteiger partial charge is 0.123 e. The van der Waals surface area contributed by atoms with Gasteiger partial charge in [0.1, 0.15) is 11.4 Å². The molecule has 1 N–H and O–H groups in total. The van der Waals surface area contributed by atoms with Gasteiger partial charge in [-0.05, 0) is 56.8 Å². The standard InChI is InChI=1S/C14H19NO/c1-2-5-13-12(4-1)6-8-14(16-13)7-3-10-15-11-9-14/h1-2,4-5,15H,3,6-11H2/t14-/m0/s1. The van der Waals surface area contributed by atoms with Crippen LogP contribution in [0, 0.1) is 0 Å². The molecule has 0 saturated carbocycles. The Morgan fingerprint density at radius 3 is 3.00 bits per heavy atom. The maximum Gasteiger partial charge on any atom is 0.123 e. The van der Waals surface area contributed by atoms with Crippen LogP contribution in [0.25, 0.3) is 0 Å². The van der Waals surface area contributed by atoms with Crippen LogP contribution in [0.4, 0.5) is 0 Å². The molecule has 2 aliphatic heterocycles. The Hall–Kier alpha value is -1.02. The molecule has 0 unspecified atom stereocenters. The summed E-state index contributed by atoms with van der Waals surface area (Å²) in [6, 6.07) is 8.49. The quantitative estimate of drug-likeness (QED) is 0.721.